The number of aliphatic hydroxyl groups is 1. The van der Waals surface area contributed by atoms with Crippen LogP contribution in [-0.4, -0.2) is 55.0 Å². The highest BCUT2D eigenvalue weighted by Gasteiger charge is 2.27. The Balaban J connectivity index is 2.28. The van der Waals surface area contributed by atoms with Gasteiger partial charge in [-0.3, -0.25) is 9.78 Å². The minimum absolute atomic E-state index is 0.0292. The Morgan fingerprint density at radius 3 is 2.95 bits per heavy atom. The second-order valence-electron chi connectivity index (χ2n) is 4.37. The number of pyridine rings is 1. The number of carbonyl (C=O) groups is 1. The summed E-state index contributed by atoms with van der Waals surface area (Å²) in [6.07, 6.45) is 2.81. The van der Waals surface area contributed by atoms with E-state index in [4.69, 9.17) is 5.11 Å². The topological polar surface area (TPSA) is 99.6 Å². The van der Waals surface area contributed by atoms with Crippen molar-refractivity contribution < 1.29 is 18.3 Å². The molecule has 0 aliphatic carbocycles. The molecule has 0 radical (unpaired) electrons. The molecule has 1 aromatic heterocycles. The molecule has 1 amide bonds. The van der Waals surface area contributed by atoms with E-state index < -0.39 is 10.0 Å². The maximum Gasteiger partial charge on any atom is 0.244 e. The summed E-state index contributed by atoms with van der Waals surface area (Å²) < 4.78 is 26.3. The lowest BCUT2D eigenvalue weighted by Gasteiger charge is -2.18. The molecular weight excluding hydrogens is 294 g/mol. The van der Waals surface area contributed by atoms with Crippen molar-refractivity contribution in [3.05, 3.63) is 24.0 Å². The van der Waals surface area contributed by atoms with Crippen molar-refractivity contribution >= 4 is 15.9 Å². The third-order valence-corrected chi connectivity index (χ3v) is 4.80. The fraction of sp³-hybridized carbons (Fsp3) is 0.385. The molecule has 7 nitrogen and oxygen atoms in total. The van der Waals surface area contributed by atoms with Gasteiger partial charge in [0.05, 0.1) is 0 Å². The van der Waals surface area contributed by atoms with E-state index in [0.717, 1.165) is 0 Å². The number of carbonyl (C=O) groups excluding carboxylic acids is 1. The molecule has 2 rings (SSSR count). The average molecular weight is 309 g/mol. The molecule has 1 saturated heterocycles. The first-order valence-electron chi connectivity index (χ1n) is 6.35. The first kappa shape index (κ1) is 15.4. The lowest BCUT2D eigenvalue weighted by molar-refractivity contribution is -0.120. The molecule has 8 heteroatoms. The zero-order chi connectivity index (χ0) is 15.3. The largest absolute Gasteiger partial charge is 0.384 e. The van der Waals surface area contributed by atoms with Gasteiger partial charge >= 0.3 is 0 Å². The SMILES string of the molecule is O=C1CCN(S(=O)(=O)c2cncc(C#CCO)c2)CCN1. The maximum absolute atomic E-state index is 12.5. The minimum Gasteiger partial charge on any atom is -0.384 e. The van der Waals surface area contributed by atoms with Gasteiger partial charge in [-0.1, -0.05) is 11.8 Å². The number of hydrogen-bond acceptors (Lipinski definition) is 5. The second-order valence-corrected chi connectivity index (χ2v) is 6.31. The fourth-order valence-electron chi connectivity index (χ4n) is 1.91. The number of sulfonamides is 1. The number of aromatic nitrogens is 1. The van der Waals surface area contributed by atoms with Gasteiger partial charge in [-0.25, -0.2) is 8.42 Å². The summed E-state index contributed by atoms with van der Waals surface area (Å²) in [6.45, 7) is 0.341. The Bertz CT molecular complexity index is 691. The molecule has 2 N–H and O–H groups in total. The van der Waals surface area contributed by atoms with Gasteiger partial charge in [0.2, 0.25) is 15.9 Å². The quantitative estimate of drug-likeness (QED) is 0.678. The molecule has 112 valence electrons. The maximum atomic E-state index is 12.5. The zero-order valence-electron chi connectivity index (χ0n) is 11.2. The van der Waals surface area contributed by atoms with Crippen molar-refractivity contribution in [1.29, 1.82) is 0 Å². The molecule has 1 aliphatic heterocycles. The van der Waals surface area contributed by atoms with Crippen molar-refractivity contribution in [3.63, 3.8) is 0 Å². The lowest BCUT2D eigenvalue weighted by atomic mass is 10.3. The zero-order valence-corrected chi connectivity index (χ0v) is 12.1. The van der Waals surface area contributed by atoms with Gasteiger partial charge in [-0.15, -0.1) is 0 Å². The number of rotatable bonds is 2. The molecule has 21 heavy (non-hydrogen) atoms. The highest BCUT2D eigenvalue weighted by Crippen LogP contribution is 2.16. The fourth-order valence-corrected chi connectivity index (χ4v) is 3.34. The highest BCUT2D eigenvalue weighted by molar-refractivity contribution is 7.89. The summed E-state index contributed by atoms with van der Waals surface area (Å²) in [6, 6.07) is 1.41. The predicted octanol–water partition coefficient (Wildman–Crippen LogP) is -1.06. The van der Waals surface area contributed by atoms with Crippen LogP contribution in [-0.2, 0) is 14.8 Å². The van der Waals surface area contributed by atoms with Crippen LogP contribution in [0, 0.1) is 11.8 Å². The van der Waals surface area contributed by atoms with E-state index in [1.54, 1.807) is 0 Å². The van der Waals surface area contributed by atoms with Gasteiger partial charge in [0.15, 0.2) is 0 Å². The smallest absolute Gasteiger partial charge is 0.244 e. The van der Waals surface area contributed by atoms with Crippen molar-refractivity contribution in [2.75, 3.05) is 26.2 Å². The van der Waals surface area contributed by atoms with Crippen LogP contribution in [0.25, 0.3) is 0 Å². The average Bonchev–Trinajstić information content (AvgIpc) is 2.70. The van der Waals surface area contributed by atoms with E-state index in [-0.39, 0.29) is 43.5 Å². The molecule has 2 heterocycles. The summed E-state index contributed by atoms with van der Waals surface area (Å²) in [4.78, 5) is 15.2. The van der Waals surface area contributed by atoms with E-state index in [1.807, 2.05) is 0 Å². The Morgan fingerprint density at radius 2 is 2.19 bits per heavy atom. The Kier molecular flexibility index (Phi) is 4.90. The standard InChI is InChI=1S/C13H15N3O4S/c17-7-1-2-11-8-12(10-14-9-11)21(19,20)16-5-3-13(18)15-4-6-16/h8-10,17H,3-7H2,(H,15,18). The van der Waals surface area contributed by atoms with Crippen LogP contribution in [0.1, 0.15) is 12.0 Å². The highest BCUT2D eigenvalue weighted by atomic mass is 32.2. The van der Waals surface area contributed by atoms with Crippen molar-refractivity contribution in [1.82, 2.24) is 14.6 Å². The van der Waals surface area contributed by atoms with Crippen LogP contribution >= 0.6 is 0 Å². The van der Waals surface area contributed by atoms with Gasteiger partial charge in [0.1, 0.15) is 11.5 Å². The van der Waals surface area contributed by atoms with Crippen LogP contribution in [0.15, 0.2) is 23.4 Å². The molecule has 0 atom stereocenters. The molecule has 0 saturated carbocycles. The Morgan fingerprint density at radius 1 is 1.38 bits per heavy atom. The van der Waals surface area contributed by atoms with Gasteiger partial charge in [-0.2, -0.15) is 4.31 Å². The first-order chi connectivity index (χ1) is 10.0. The Labute approximate surface area is 123 Å². The molecule has 1 aliphatic rings. The molecule has 1 fully saturated rings. The van der Waals surface area contributed by atoms with E-state index in [1.165, 1.54) is 22.8 Å². The summed E-state index contributed by atoms with van der Waals surface area (Å²) in [7, 11) is -3.71. The van der Waals surface area contributed by atoms with Gasteiger partial charge in [0, 0.05) is 44.0 Å². The molecule has 0 bridgehead atoms. The summed E-state index contributed by atoms with van der Waals surface area (Å²) in [5.41, 5.74) is 0.411. The lowest BCUT2D eigenvalue weighted by Crippen LogP contribution is -2.34. The molecule has 0 unspecified atom stereocenters. The molecule has 0 aromatic carbocycles. The van der Waals surface area contributed by atoms with E-state index >= 15 is 0 Å². The summed E-state index contributed by atoms with van der Waals surface area (Å²) in [5.74, 6) is 4.90. The Hall–Kier alpha value is -1.95. The monoisotopic (exact) mass is 309 g/mol. The van der Waals surface area contributed by atoms with E-state index in [0.29, 0.717) is 5.56 Å². The number of nitrogens with zero attached hydrogens (tertiary/aromatic N) is 2. The van der Waals surface area contributed by atoms with Crippen LogP contribution in [0.4, 0.5) is 0 Å². The van der Waals surface area contributed by atoms with Crippen molar-refractivity contribution in [2.24, 2.45) is 0 Å². The van der Waals surface area contributed by atoms with Crippen LogP contribution in [0.2, 0.25) is 0 Å². The van der Waals surface area contributed by atoms with E-state index in [9.17, 15) is 13.2 Å². The molecule has 1 aromatic rings. The predicted molar refractivity (Wildman–Crippen MR) is 74.6 cm³/mol. The first-order valence-corrected chi connectivity index (χ1v) is 7.79. The third-order valence-electron chi connectivity index (χ3n) is 2.93. The summed E-state index contributed by atoms with van der Waals surface area (Å²) >= 11 is 0. The van der Waals surface area contributed by atoms with Crippen molar-refractivity contribution in [2.45, 2.75) is 11.3 Å². The number of hydrogen-bond donors (Lipinski definition) is 2. The van der Waals surface area contributed by atoms with Crippen molar-refractivity contribution in [3.8, 4) is 11.8 Å². The van der Waals surface area contributed by atoms with E-state index in [2.05, 4.69) is 22.1 Å². The third kappa shape index (κ3) is 3.78. The van der Waals surface area contributed by atoms with Gasteiger partial charge in [-0.05, 0) is 6.07 Å². The summed E-state index contributed by atoms with van der Waals surface area (Å²) in [5, 5.41) is 11.3. The molecular formula is C13H15N3O4S. The second kappa shape index (κ2) is 6.67. The van der Waals surface area contributed by atoms with Crippen LogP contribution in [0.5, 0.6) is 0 Å². The van der Waals surface area contributed by atoms with Gasteiger partial charge < -0.3 is 10.4 Å². The number of aliphatic hydroxyl groups excluding tert-OH is 1. The minimum atomic E-state index is -3.71. The number of amides is 1. The molecule has 0 spiro atoms. The van der Waals surface area contributed by atoms with Crippen LogP contribution in [0.3, 0.4) is 0 Å². The number of nitrogens with one attached hydrogen (secondary N) is 1. The van der Waals surface area contributed by atoms with Gasteiger partial charge in [0.25, 0.3) is 0 Å². The normalized spacial score (nSPS) is 16.5. The van der Waals surface area contributed by atoms with Crippen LogP contribution < -0.4 is 5.32 Å².